The minimum atomic E-state index is -3.11. The number of rotatable bonds is 0. The monoisotopic (exact) mass is 225 g/mol. The smallest absolute Gasteiger partial charge is 0.314 e. The van der Waals surface area contributed by atoms with Crippen LogP contribution in [0.3, 0.4) is 0 Å². The minimum absolute atomic E-state index is 1.62. The van der Waals surface area contributed by atoms with Crippen molar-refractivity contribution >= 4 is 25.7 Å². The molecule has 0 bridgehead atoms. The van der Waals surface area contributed by atoms with Gasteiger partial charge in [-0.3, -0.25) is 0 Å². The zero-order chi connectivity index (χ0) is 12.1. The van der Waals surface area contributed by atoms with Crippen molar-refractivity contribution in [2.24, 2.45) is 0 Å². The molecule has 1 saturated heterocycles. The molecule has 0 aromatic heterocycles. The summed E-state index contributed by atoms with van der Waals surface area (Å²) in [4.78, 5) is 0. The maximum absolute atomic E-state index is 7.51. The fraction of sp³-hybridized carbons (Fsp3) is 1.00. The quantitative estimate of drug-likeness (QED) is 0.591. The van der Waals surface area contributed by atoms with Crippen molar-refractivity contribution in [3.8, 4) is 0 Å². The van der Waals surface area contributed by atoms with Crippen LogP contribution >= 0.6 is 0 Å². The Kier molecular flexibility index (Phi) is 1.59. The van der Waals surface area contributed by atoms with E-state index in [1.165, 1.54) is 0 Å². The van der Waals surface area contributed by atoms with E-state index >= 15 is 0 Å². The van der Waals surface area contributed by atoms with Crippen LogP contribution in [0, 0.1) is 0 Å². The highest BCUT2D eigenvalue weighted by Gasteiger charge is 2.49. The van der Waals surface area contributed by atoms with Gasteiger partial charge in [-0.25, -0.2) is 0 Å². The van der Waals surface area contributed by atoms with Gasteiger partial charge in [0.25, 0.3) is 0 Å². The molecule has 0 N–H and O–H groups in total. The Morgan fingerprint density at radius 3 is 1.42 bits per heavy atom. The summed E-state index contributed by atoms with van der Waals surface area (Å²) >= 11 is 0. The van der Waals surface area contributed by atoms with Crippen molar-refractivity contribution in [3.05, 3.63) is 0 Å². The van der Waals surface area contributed by atoms with Crippen molar-refractivity contribution in [2.75, 3.05) is 0 Å². The highest BCUT2D eigenvalue weighted by molar-refractivity contribution is 6.92. The molecule has 1 rings (SSSR count). The summed E-state index contributed by atoms with van der Waals surface area (Å²) < 4.78 is 39.6. The minimum Gasteiger partial charge on any atom is -0.416 e. The molecule has 1 aliphatic heterocycles. The fourth-order valence-corrected chi connectivity index (χ4v) is 15.5. The SMILES string of the molecule is [2H]C([2H])([2H])[Si]1(C)O[Si](C)(C)O[Si](C)(C)O1. The van der Waals surface area contributed by atoms with Crippen LogP contribution in [-0.2, 0) is 12.3 Å². The van der Waals surface area contributed by atoms with Crippen LogP contribution in [-0.4, -0.2) is 25.7 Å². The molecule has 1 fully saturated rings. The molecular formula is C6H18O3Si3. The topological polar surface area (TPSA) is 27.7 Å². The second-order valence-electron chi connectivity index (χ2n) is 4.05. The van der Waals surface area contributed by atoms with Crippen molar-refractivity contribution in [3.63, 3.8) is 0 Å². The second-order valence-corrected chi connectivity index (χ2v) is 14.0. The first kappa shape index (κ1) is 6.91. The predicted molar refractivity (Wildman–Crippen MR) is 55.7 cm³/mol. The summed E-state index contributed by atoms with van der Waals surface area (Å²) in [5, 5.41) is 0. The van der Waals surface area contributed by atoms with Crippen LogP contribution < -0.4 is 0 Å². The first-order valence-electron chi connectivity index (χ1n) is 5.47. The normalized spacial score (nSPS) is 36.2. The lowest BCUT2D eigenvalue weighted by molar-refractivity contribution is 0.238. The van der Waals surface area contributed by atoms with Crippen molar-refractivity contribution in [1.29, 1.82) is 0 Å². The maximum atomic E-state index is 7.51. The van der Waals surface area contributed by atoms with Crippen LogP contribution in [0.1, 0.15) is 4.11 Å². The van der Waals surface area contributed by atoms with Gasteiger partial charge in [0, 0.05) is 4.11 Å². The Morgan fingerprint density at radius 1 is 0.750 bits per heavy atom. The van der Waals surface area contributed by atoms with Crippen LogP contribution in [0.15, 0.2) is 0 Å². The number of hydrogen-bond acceptors (Lipinski definition) is 3. The zero-order valence-electron chi connectivity index (χ0n) is 11.2. The van der Waals surface area contributed by atoms with E-state index in [1.807, 2.05) is 26.2 Å². The standard InChI is InChI=1S/C6H18O3Si3/c1-10(2)7-11(3,4)9-12(5,6)8-10/h1-6H3/i1D3. The van der Waals surface area contributed by atoms with E-state index in [4.69, 9.17) is 16.5 Å². The van der Waals surface area contributed by atoms with E-state index in [0.29, 0.717) is 0 Å². The van der Waals surface area contributed by atoms with Crippen LogP contribution in [0.5, 0.6) is 0 Å². The summed E-state index contributed by atoms with van der Waals surface area (Å²) in [5.41, 5.74) is 0. The van der Waals surface area contributed by atoms with Gasteiger partial charge in [-0.1, -0.05) is 0 Å². The Hall–Kier alpha value is 0.531. The molecule has 0 amide bonds. The third-order valence-corrected chi connectivity index (χ3v) is 12.4. The van der Waals surface area contributed by atoms with E-state index in [1.54, 1.807) is 6.55 Å². The molecule has 12 heavy (non-hydrogen) atoms. The molecule has 1 heterocycles. The molecule has 3 nitrogen and oxygen atoms in total. The molecule has 0 radical (unpaired) electrons. The molecule has 0 aliphatic carbocycles. The van der Waals surface area contributed by atoms with Crippen molar-refractivity contribution < 1.29 is 16.5 Å². The van der Waals surface area contributed by atoms with Crippen molar-refractivity contribution in [1.82, 2.24) is 0 Å². The average molecular weight is 225 g/mol. The second kappa shape index (κ2) is 2.76. The Morgan fingerprint density at radius 2 is 1.08 bits per heavy atom. The highest BCUT2D eigenvalue weighted by atomic mass is 28.5. The molecule has 6 heteroatoms. The predicted octanol–water partition coefficient (Wildman–Crippen LogP) is 2.16. The summed E-state index contributed by atoms with van der Waals surface area (Å²) in [6.45, 7) is 6.97. The molecule has 0 aromatic rings. The zero-order valence-corrected chi connectivity index (χ0v) is 11.2. The van der Waals surface area contributed by atoms with Crippen LogP contribution in [0.2, 0.25) is 39.2 Å². The Bertz CT molecular complexity index is 250. The lowest BCUT2D eigenvalue weighted by Gasteiger charge is -2.46. The van der Waals surface area contributed by atoms with E-state index in [0.717, 1.165) is 0 Å². The highest BCUT2D eigenvalue weighted by Crippen LogP contribution is 2.29. The van der Waals surface area contributed by atoms with Gasteiger partial charge in [0.1, 0.15) is 0 Å². The molecule has 0 saturated carbocycles. The molecule has 1 aliphatic rings. The molecule has 72 valence electrons. The third-order valence-electron chi connectivity index (χ3n) is 1.37. The Balaban J connectivity index is 3.03. The van der Waals surface area contributed by atoms with Gasteiger partial charge in [-0.15, -0.1) is 0 Å². The molecule has 0 aromatic carbocycles. The third kappa shape index (κ3) is 2.79. The molecule has 0 unspecified atom stereocenters. The first-order valence-corrected chi connectivity index (χ1v) is 11.9. The average Bonchev–Trinajstić information content (AvgIpc) is 1.72. The van der Waals surface area contributed by atoms with Crippen molar-refractivity contribution in [2.45, 2.75) is 39.2 Å². The Labute approximate surface area is 82.0 Å². The fourth-order valence-electron chi connectivity index (χ4n) is 1.59. The van der Waals surface area contributed by atoms with Gasteiger partial charge >= 0.3 is 25.7 Å². The van der Waals surface area contributed by atoms with Gasteiger partial charge in [0.15, 0.2) is 0 Å². The molecule has 0 atom stereocenters. The number of hydrogen-bond donors (Lipinski definition) is 0. The lowest BCUT2D eigenvalue weighted by Crippen LogP contribution is -2.64. The first-order chi connectivity index (χ1) is 6.37. The van der Waals surface area contributed by atoms with Crippen LogP contribution in [0.4, 0.5) is 0 Å². The molecular weight excluding hydrogens is 204 g/mol. The van der Waals surface area contributed by atoms with Gasteiger partial charge in [0.05, 0.1) is 0 Å². The lowest BCUT2D eigenvalue weighted by atomic mass is 11.9. The van der Waals surface area contributed by atoms with Gasteiger partial charge < -0.3 is 12.3 Å². The van der Waals surface area contributed by atoms with Gasteiger partial charge in [-0.05, 0) is 39.2 Å². The van der Waals surface area contributed by atoms with Gasteiger partial charge in [-0.2, -0.15) is 0 Å². The summed E-state index contributed by atoms with van der Waals surface area (Å²) in [5.74, 6) is 0. The van der Waals surface area contributed by atoms with Crippen LogP contribution in [0.25, 0.3) is 0 Å². The van der Waals surface area contributed by atoms with E-state index in [9.17, 15) is 0 Å². The van der Waals surface area contributed by atoms with E-state index in [2.05, 4.69) is 0 Å². The summed E-state index contributed by atoms with van der Waals surface area (Å²) in [6.07, 6.45) is 0. The maximum Gasteiger partial charge on any atom is 0.314 e. The van der Waals surface area contributed by atoms with E-state index < -0.39 is 32.2 Å². The molecule has 0 spiro atoms. The summed E-state index contributed by atoms with van der Waals surface area (Å²) in [6, 6.07) is 0. The van der Waals surface area contributed by atoms with E-state index in [-0.39, 0.29) is 0 Å². The van der Waals surface area contributed by atoms with Gasteiger partial charge in [0.2, 0.25) is 0 Å². The summed E-state index contributed by atoms with van der Waals surface area (Å²) in [7, 11) is -7.78. The largest absolute Gasteiger partial charge is 0.416 e.